The highest BCUT2D eigenvalue weighted by atomic mass is 79.9. The van der Waals surface area contributed by atoms with Gasteiger partial charge < -0.3 is 25.5 Å². The summed E-state index contributed by atoms with van der Waals surface area (Å²) < 4.78 is 8.49. The minimum absolute atomic E-state index is 0.0606. The molecule has 0 radical (unpaired) electrons. The minimum atomic E-state index is -1.04. The third-order valence-corrected chi connectivity index (χ3v) is 30.3. The second kappa shape index (κ2) is 37.7. The molecule has 3 fully saturated rings. The van der Waals surface area contributed by atoms with Crippen molar-refractivity contribution in [2.75, 3.05) is 5.75 Å². The SMILES string of the molecule is Cc1ccc(-n2c(Br)nnc2SC(C)(C)C(=O)O)c2ccccc12.Cc1ccc(-n2c(Br)nnc2SC2(C(=O)O)CCC2)c2ccccc12.Cc1ccc(-n2c(Br)nnc2SCC(=O)O)c2ccccc12.Cc1ccc2c(C)cc(C)c(-n3c(Br)nnc3SC(C)(C)C(=O)O)c2n1.O=C(O)C1(Sc2nnc(Br)n2-c2ccc(C3CC3)c3ccccc23)CCC1. The molecule has 124 heavy (non-hydrogen) atoms. The maximum absolute atomic E-state index is 11.8. The molecule has 0 aliphatic heterocycles. The van der Waals surface area contributed by atoms with Gasteiger partial charge in [-0.3, -0.25) is 51.8 Å². The number of carboxylic acid groups (broad SMARTS) is 5. The molecule has 6 aromatic heterocycles. The van der Waals surface area contributed by atoms with Crippen LogP contribution >= 0.6 is 138 Å². The molecule has 18 rings (SSSR count). The number of aryl methyl sites for hydroxylation is 6. The lowest BCUT2D eigenvalue weighted by Gasteiger charge is -2.36. The van der Waals surface area contributed by atoms with Crippen molar-refractivity contribution in [2.45, 2.75) is 171 Å². The normalized spacial score (nSPS) is 14.0. The number of carbonyl (C=O) groups is 5. The lowest BCUT2D eigenvalue weighted by molar-refractivity contribution is -0.143. The van der Waals surface area contributed by atoms with Gasteiger partial charge in [-0.05, 0) is 291 Å². The Balaban J connectivity index is 0.000000126. The third kappa shape index (κ3) is 18.9. The molecule has 15 aromatic rings. The van der Waals surface area contributed by atoms with Crippen LogP contribution in [0.1, 0.15) is 124 Å². The summed E-state index contributed by atoms with van der Waals surface area (Å²) in [5.74, 6) is -3.63. The first-order valence-corrected chi connectivity index (χ1v) is 47.3. The molecule has 26 nitrogen and oxygen atoms in total. The highest BCUT2D eigenvalue weighted by molar-refractivity contribution is 9.11. The number of fused-ring (bicyclic) bond motifs is 5. The first kappa shape index (κ1) is 90.9. The van der Waals surface area contributed by atoms with Crippen molar-refractivity contribution < 1.29 is 49.5 Å². The number of aromatic nitrogens is 16. The Morgan fingerprint density at radius 2 is 0.726 bits per heavy atom. The Morgan fingerprint density at radius 1 is 0.387 bits per heavy atom. The highest BCUT2D eigenvalue weighted by Crippen LogP contribution is 2.52. The van der Waals surface area contributed by atoms with E-state index in [2.05, 4.69) is 231 Å². The van der Waals surface area contributed by atoms with Crippen LogP contribution in [-0.2, 0) is 24.0 Å². The minimum Gasteiger partial charge on any atom is -0.481 e. The Hall–Kier alpha value is -9.37. The first-order valence-electron chi connectivity index (χ1n) is 39.1. The van der Waals surface area contributed by atoms with Crippen LogP contribution in [-0.4, -0.2) is 159 Å². The standard InChI is InChI=1S/C20H18BrN3O2S.C18H19BrN4O2S.C18H16BrN3O2S.C17H16BrN3O2S.C15H12BrN3O2S/c21-18-22-23-19(27-20(17(25)26)10-3-11-20)24(18)16-9-8-13(12-6-7-12)14-4-1-2-5-15(14)16;1-9-8-10(2)14(13-12(9)7-6-11(3)20-13)23-16(19)21-22-17(23)26-18(4,5)15(24)25;1-11-7-8-14(13-6-3-2-5-12(11)13)22-16(19)20-21-17(22)25-18(15(23)24)9-4-10-18;1-10-8-9-13(12-7-5-4-6-11(10)12)21-15(18)19-20-16(21)24-17(2,3)14(22)23;1-9-6-7-12(11-5-3-2-4-10(9)11)19-14(16)17-18-15(19)22-8-13(20)21/h1-2,4-5,8-9,12H,3,6-7,10-11H2,(H,25,26);6-8H,1-5H3,(H,24,25);2-3,5-8H,4,9-10H2,1H3,(H,23,24);4-9H,1-3H3,(H,22,23);2-7H,8H2,1H3,(H,20,21). The molecule has 3 aliphatic carbocycles. The van der Waals surface area contributed by atoms with Gasteiger partial charge in [-0.25, -0.2) is 0 Å². The van der Waals surface area contributed by atoms with Crippen LogP contribution in [0.4, 0.5) is 0 Å². The molecule has 0 bridgehead atoms. The Labute approximate surface area is 775 Å². The van der Waals surface area contributed by atoms with Gasteiger partial charge in [-0.2, -0.15) is 0 Å². The van der Waals surface area contributed by atoms with E-state index in [0.717, 1.165) is 130 Å². The summed E-state index contributed by atoms with van der Waals surface area (Å²) in [7, 11) is 0. The van der Waals surface area contributed by atoms with Crippen molar-refractivity contribution in [3.05, 3.63) is 227 Å². The molecule has 0 amide bonds. The van der Waals surface area contributed by atoms with Gasteiger partial charge in [0.2, 0.25) is 23.7 Å². The van der Waals surface area contributed by atoms with Crippen LogP contribution in [0, 0.1) is 41.5 Å². The summed E-state index contributed by atoms with van der Waals surface area (Å²) in [4.78, 5) is 62.1. The number of hydrogen-bond acceptors (Lipinski definition) is 21. The zero-order valence-corrected chi connectivity index (χ0v) is 80.4. The van der Waals surface area contributed by atoms with Crippen LogP contribution in [0.5, 0.6) is 0 Å². The molecule has 6 heterocycles. The number of thioether (sulfide) groups is 5. The average molecular weight is 2080 g/mol. The van der Waals surface area contributed by atoms with Crippen LogP contribution in [0.25, 0.3) is 82.4 Å². The fourth-order valence-corrected chi connectivity index (χ4v) is 22.3. The molecular weight excluding hydrogens is 2000 g/mol. The fourth-order valence-electron chi connectivity index (χ4n) is 14.5. The molecule has 5 N–H and O–H groups in total. The zero-order chi connectivity index (χ0) is 88.6. The van der Waals surface area contributed by atoms with Gasteiger partial charge in [-0.1, -0.05) is 192 Å². The molecule has 0 saturated heterocycles. The lowest BCUT2D eigenvalue weighted by Crippen LogP contribution is -2.42. The zero-order valence-electron chi connectivity index (χ0n) is 68.4. The summed E-state index contributed by atoms with van der Waals surface area (Å²) in [6, 6.07) is 55.4. The summed E-state index contributed by atoms with van der Waals surface area (Å²) >= 11 is 23.4. The second-order valence-corrected chi connectivity index (χ2v) is 41.4. The van der Waals surface area contributed by atoms with Gasteiger partial charge in [-0.15, -0.1) is 51.0 Å². The van der Waals surface area contributed by atoms with Crippen molar-refractivity contribution in [1.29, 1.82) is 0 Å². The maximum atomic E-state index is 11.8. The molecule has 0 unspecified atom stereocenters. The van der Waals surface area contributed by atoms with Gasteiger partial charge in [0.1, 0.15) is 19.0 Å². The number of aliphatic carboxylic acids is 5. The van der Waals surface area contributed by atoms with E-state index in [0.29, 0.717) is 81.1 Å². The van der Waals surface area contributed by atoms with E-state index in [1.54, 1.807) is 27.7 Å². The highest BCUT2D eigenvalue weighted by Gasteiger charge is 2.48. The second-order valence-electron chi connectivity index (χ2n) is 31.0. The number of carboxylic acids is 5. The van der Waals surface area contributed by atoms with E-state index in [1.807, 2.05) is 128 Å². The lowest BCUT2D eigenvalue weighted by atomic mass is 9.84. The summed E-state index contributed by atoms with van der Waals surface area (Å²) in [5.41, 5.74) is 13.5. The van der Waals surface area contributed by atoms with Gasteiger partial charge in [0.25, 0.3) is 0 Å². The van der Waals surface area contributed by atoms with Crippen LogP contribution in [0.2, 0.25) is 0 Å². The Morgan fingerprint density at radius 3 is 1.10 bits per heavy atom. The van der Waals surface area contributed by atoms with Crippen LogP contribution in [0.15, 0.2) is 213 Å². The maximum Gasteiger partial charge on any atom is 0.320 e. The predicted molar refractivity (Wildman–Crippen MR) is 505 cm³/mol. The Bertz CT molecular complexity index is 6700. The Kier molecular flexibility index (Phi) is 27.6. The van der Waals surface area contributed by atoms with Gasteiger partial charge in [0, 0.05) is 32.6 Å². The van der Waals surface area contributed by atoms with Crippen molar-refractivity contribution in [2.24, 2.45) is 0 Å². The molecule has 638 valence electrons. The summed E-state index contributed by atoms with van der Waals surface area (Å²) in [6.07, 6.45) is 7.02. The van der Waals surface area contributed by atoms with Crippen LogP contribution in [0.3, 0.4) is 0 Å². The van der Waals surface area contributed by atoms with Crippen LogP contribution < -0.4 is 0 Å². The molecule has 3 aliphatic rings. The monoisotopic (exact) mass is 2080 g/mol. The van der Waals surface area contributed by atoms with E-state index in [-0.39, 0.29) is 5.75 Å². The number of pyridine rings is 1. The number of halogens is 5. The molecule has 0 spiro atoms. The molecule has 36 heteroatoms. The van der Waals surface area contributed by atoms with Crippen molar-refractivity contribution in [1.82, 2.24) is 78.8 Å². The first-order chi connectivity index (χ1) is 59.1. The summed E-state index contributed by atoms with van der Waals surface area (Å²) in [6.45, 7) is 18.8. The van der Waals surface area contributed by atoms with E-state index in [4.69, 9.17) is 10.1 Å². The third-order valence-electron chi connectivity index (χ3n) is 21.7. The van der Waals surface area contributed by atoms with Gasteiger partial charge in [0.05, 0.1) is 39.7 Å². The number of nitrogens with zero attached hydrogens (tertiary/aromatic N) is 16. The largest absolute Gasteiger partial charge is 0.481 e. The predicted octanol–water partition coefficient (Wildman–Crippen LogP) is 22.3. The molecule has 9 aromatic carbocycles. The quantitative estimate of drug-likeness (QED) is 0.0417. The van der Waals surface area contributed by atoms with E-state index in [1.165, 1.54) is 75.8 Å². The molecule has 3 saturated carbocycles. The van der Waals surface area contributed by atoms with Crippen molar-refractivity contribution in [3.63, 3.8) is 0 Å². The van der Waals surface area contributed by atoms with E-state index in [9.17, 15) is 44.4 Å². The smallest absolute Gasteiger partial charge is 0.320 e. The number of rotatable bonds is 21. The van der Waals surface area contributed by atoms with E-state index >= 15 is 0 Å². The van der Waals surface area contributed by atoms with Crippen molar-refractivity contribution in [3.8, 4) is 28.4 Å². The fraction of sp³-hybridized carbons (Fsp3) is 0.273. The molecule has 0 atom stereocenters. The number of hydrogen-bond donors (Lipinski definition) is 5. The number of benzene rings is 9. The average Bonchev–Trinajstić information content (AvgIpc) is 1.48. The van der Waals surface area contributed by atoms with E-state index < -0.39 is 48.8 Å². The van der Waals surface area contributed by atoms with Crippen molar-refractivity contribution >= 4 is 222 Å². The topological polar surface area (TPSA) is 353 Å². The van der Waals surface area contributed by atoms with Gasteiger partial charge >= 0.3 is 29.8 Å². The summed E-state index contributed by atoms with van der Waals surface area (Å²) in [5, 5.41) is 101. The van der Waals surface area contributed by atoms with Gasteiger partial charge in [0.15, 0.2) is 25.8 Å². The molecular formula is C88H81Br5N16O10S5.